The smallest absolute Gasteiger partial charge is 0.328 e. The highest BCUT2D eigenvalue weighted by Gasteiger charge is 2.07. The number of ether oxygens (including phenoxy) is 1. The Hall–Kier alpha value is -2.37. The Kier molecular flexibility index (Phi) is 3.57. The predicted molar refractivity (Wildman–Crippen MR) is 65.4 cm³/mol. The third-order valence-corrected chi connectivity index (χ3v) is 2.43. The molecule has 18 heavy (non-hydrogen) atoms. The van der Waals surface area contributed by atoms with Gasteiger partial charge in [0.1, 0.15) is 13.2 Å². The van der Waals surface area contributed by atoms with Crippen LogP contribution in [0.2, 0.25) is 0 Å². The van der Waals surface area contributed by atoms with Crippen molar-refractivity contribution in [2.75, 3.05) is 5.73 Å². The van der Waals surface area contributed by atoms with E-state index in [1.54, 1.807) is 12.4 Å². The van der Waals surface area contributed by atoms with Crippen LogP contribution >= 0.6 is 0 Å². The van der Waals surface area contributed by atoms with Crippen LogP contribution in [0.25, 0.3) is 0 Å². The lowest BCUT2D eigenvalue weighted by Gasteiger charge is -2.06. The summed E-state index contributed by atoms with van der Waals surface area (Å²) >= 11 is 0. The summed E-state index contributed by atoms with van der Waals surface area (Å²) in [5.74, 6) is -0.372. The third kappa shape index (κ3) is 3.07. The van der Waals surface area contributed by atoms with Crippen LogP contribution in [0.1, 0.15) is 11.3 Å². The Balaban J connectivity index is 1.87. The molecule has 0 atom stereocenters. The SMILES string of the molecule is Cc1cccnc1COC(=O)Cn1cc(N)cn1. The molecule has 94 valence electrons. The van der Waals surface area contributed by atoms with Gasteiger partial charge >= 0.3 is 5.97 Å². The predicted octanol–water partition coefficient (Wildman–Crippen LogP) is 0.912. The summed E-state index contributed by atoms with van der Waals surface area (Å²) in [4.78, 5) is 15.7. The Morgan fingerprint density at radius 3 is 3.06 bits per heavy atom. The zero-order valence-electron chi connectivity index (χ0n) is 10.0. The summed E-state index contributed by atoms with van der Waals surface area (Å²) in [6.45, 7) is 2.13. The number of pyridine rings is 1. The van der Waals surface area contributed by atoms with Crippen LogP contribution in [0.4, 0.5) is 5.69 Å². The van der Waals surface area contributed by atoms with Crippen molar-refractivity contribution in [1.82, 2.24) is 14.8 Å². The first-order chi connectivity index (χ1) is 8.65. The number of hydrogen-bond donors (Lipinski definition) is 1. The van der Waals surface area contributed by atoms with Crippen molar-refractivity contribution in [2.45, 2.75) is 20.1 Å². The highest BCUT2D eigenvalue weighted by molar-refractivity contribution is 5.69. The van der Waals surface area contributed by atoms with Gasteiger partial charge in [0.2, 0.25) is 0 Å². The van der Waals surface area contributed by atoms with Gasteiger partial charge in [0, 0.05) is 12.4 Å². The molecule has 0 saturated heterocycles. The van der Waals surface area contributed by atoms with Gasteiger partial charge < -0.3 is 10.5 Å². The summed E-state index contributed by atoms with van der Waals surface area (Å²) in [6.07, 6.45) is 4.73. The average Bonchev–Trinajstić information content (AvgIpc) is 2.74. The Labute approximate surface area is 104 Å². The number of hydrogen-bond acceptors (Lipinski definition) is 5. The quantitative estimate of drug-likeness (QED) is 0.811. The molecule has 0 aliphatic rings. The summed E-state index contributed by atoms with van der Waals surface area (Å²) in [5, 5.41) is 3.90. The summed E-state index contributed by atoms with van der Waals surface area (Å²) in [6, 6.07) is 3.76. The number of anilines is 1. The zero-order chi connectivity index (χ0) is 13.0. The van der Waals surface area contributed by atoms with Gasteiger partial charge in [-0.05, 0) is 18.6 Å². The van der Waals surface area contributed by atoms with Crippen LogP contribution < -0.4 is 5.73 Å². The van der Waals surface area contributed by atoms with Crippen molar-refractivity contribution in [1.29, 1.82) is 0 Å². The van der Waals surface area contributed by atoms with Gasteiger partial charge in [0.05, 0.1) is 17.6 Å². The molecule has 0 aliphatic heterocycles. The zero-order valence-corrected chi connectivity index (χ0v) is 10.0. The van der Waals surface area contributed by atoms with Crippen molar-refractivity contribution < 1.29 is 9.53 Å². The van der Waals surface area contributed by atoms with E-state index >= 15 is 0 Å². The molecule has 2 heterocycles. The molecular formula is C12H14N4O2. The number of carbonyl (C=O) groups excluding carboxylic acids is 1. The molecule has 6 heteroatoms. The van der Waals surface area contributed by atoms with E-state index in [4.69, 9.17) is 10.5 Å². The van der Waals surface area contributed by atoms with Gasteiger partial charge in [-0.2, -0.15) is 5.10 Å². The molecule has 0 fully saturated rings. The average molecular weight is 246 g/mol. The first kappa shape index (κ1) is 12.1. The molecule has 2 rings (SSSR count). The van der Waals surface area contributed by atoms with E-state index in [-0.39, 0.29) is 19.1 Å². The fraction of sp³-hybridized carbons (Fsp3) is 0.250. The highest BCUT2D eigenvalue weighted by Crippen LogP contribution is 2.05. The highest BCUT2D eigenvalue weighted by atomic mass is 16.5. The Bertz CT molecular complexity index is 551. The minimum absolute atomic E-state index is 0.0447. The maximum atomic E-state index is 11.6. The number of esters is 1. The second-order valence-electron chi connectivity index (χ2n) is 3.90. The summed E-state index contributed by atoms with van der Waals surface area (Å²) < 4.78 is 6.55. The first-order valence-corrected chi connectivity index (χ1v) is 5.49. The molecule has 0 radical (unpaired) electrons. The van der Waals surface area contributed by atoms with Gasteiger partial charge in [-0.3, -0.25) is 14.5 Å². The molecule has 0 saturated carbocycles. The number of nitrogens with two attached hydrogens (primary N) is 1. The molecule has 0 unspecified atom stereocenters. The number of aryl methyl sites for hydroxylation is 1. The second kappa shape index (κ2) is 5.31. The van der Waals surface area contributed by atoms with Crippen molar-refractivity contribution in [3.63, 3.8) is 0 Å². The van der Waals surface area contributed by atoms with E-state index < -0.39 is 0 Å². The lowest BCUT2D eigenvalue weighted by molar-refractivity contribution is -0.146. The lowest BCUT2D eigenvalue weighted by atomic mass is 10.2. The Morgan fingerprint density at radius 2 is 2.39 bits per heavy atom. The molecule has 2 aromatic heterocycles. The van der Waals surface area contributed by atoms with Crippen LogP contribution in [-0.4, -0.2) is 20.7 Å². The molecule has 0 amide bonds. The van der Waals surface area contributed by atoms with Crippen LogP contribution in [0, 0.1) is 6.92 Å². The van der Waals surface area contributed by atoms with Gasteiger partial charge in [0.25, 0.3) is 0 Å². The molecule has 0 spiro atoms. The molecule has 2 N–H and O–H groups in total. The second-order valence-corrected chi connectivity index (χ2v) is 3.90. The van der Waals surface area contributed by atoms with E-state index in [9.17, 15) is 4.79 Å². The van der Waals surface area contributed by atoms with Crippen molar-refractivity contribution in [3.05, 3.63) is 42.0 Å². The molecule has 2 aromatic rings. The molecule has 6 nitrogen and oxygen atoms in total. The maximum absolute atomic E-state index is 11.6. The van der Waals surface area contributed by atoms with Crippen LogP contribution in [0.5, 0.6) is 0 Å². The Morgan fingerprint density at radius 1 is 1.56 bits per heavy atom. The molecule has 0 aromatic carbocycles. The number of carbonyl (C=O) groups is 1. The third-order valence-electron chi connectivity index (χ3n) is 2.43. The molecule has 0 aliphatic carbocycles. The fourth-order valence-electron chi connectivity index (χ4n) is 1.46. The number of nitrogen functional groups attached to an aromatic ring is 1. The van der Waals surface area contributed by atoms with E-state index in [1.807, 2.05) is 19.1 Å². The fourth-order valence-corrected chi connectivity index (χ4v) is 1.46. The topological polar surface area (TPSA) is 83.0 Å². The van der Waals surface area contributed by atoms with Gasteiger partial charge in [-0.15, -0.1) is 0 Å². The van der Waals surface area contributed by atoms with Crippen LogP contribution in [-0.2, 0) is 22.7 Å². The van der Waals surface area contributed by atoms with Gasteiger partial charge in [-0.25, -0.2) is 0 Å². The minimum Gasteiger partial charge on any atom is -0.458 e. The van der Waals surface area contributed by atoms with E-state index in [0.29, 0.717) is 5.69 Å². The van der Waals surface area contributed by atoms with Gasteiger partial charge in [0.15, 0.2) is 0 Å². The molecule has 0 bridgehead atoms. The first-order valence-electron chi connectivity index (χ1n) is 5.49. The van der Waals surface area contributed by atoms with E-state index in [1.165, 1.54) is 10.9 Å². The van der Waals surface area contributed by atoms with E-state index in [0.717, 1.165) is 11.3 Å². The minimum atomic E-state index is -0.372. The lowest BCUT2D eigenvalue weighted by Crippen LogP contribution is -2.14. The van der Waals surface area contributed by atoms with Crippen molar-refractivity contribution in [3.8, 4) is 0 Å². The van der Waals surface area contributed by atoms with Gasteiger partial charge in [-0.1, -0.05) is 6.07 Å². The van der Waals surface area contributed by atoms with Crippen molar-refractivity contribution >= 4 is 11.7 Å². The van der Waals surface area contributed by atoms with Crippen LogP contribution in [0.3, 0.4) is 0 Å². The summed E-state index contributed by atoms with van der Waals surface area (Å²) in [5.41, 5.74) is 7.76. The largest absolute Gasteiger partial charge is 0.458 e. The standard InChI is InChI=1S/C12H14N4O2/c1-9-3-2-4-14-11(9)8-18-12(17)7-16-6-10(13)5-15-16/h2-6H,7-8,13H2,1H3. The number of nitrogens with zero attached hydrogens (tertiary/aromatic N) is 3. The maximum Gasteiger partial charge on any atom is 0.328 e. The normalized spacial score (nSPS) is 10.3. The summed E-state index contributed by atoms with van der Waals surface area (Å²) in [7, 11) is 0. The van der Waals surface area contributed by atoms with E-state index in [2.05, 4.69) is 10.1 Å². The van der Waals surface area contributed by atoms with Crippen LogP contribution in [0.15, 0.2) is 30.7 Å². The molecular weight excluding hydrogens is 232 g/mol. The monoisotopic (exact) mass is 246 g/mol. The van der Waals surface area contributed by atoms with Crippen molar-refractivity contribution in [2.24, 2.45) is 0 Å². The number of rotatable bonds is 4. The number of aromatic nitrogens is 3.